The van der Waals surface area contributed by atoms with Gasteiger partial charge < -0.3 is 10.5 Å². The molecule has 1 aliphatic heterocycles. The first-order valence-electron chi connectivity index (χ1n) is 4.75. The number of aryl methyl sites for hydroxylation is 1. The van der Waals surface area contributed by atoms with Crippen molar-refractivity contribution in [3.63, 3.8) is 0 Å². The zero-order valence-corrected chi connectivity index (χ0v) is 7.65. The lowest BCUT2D eigenvalue weighted by Gasteiger charge is -2.08. The molecule has 0 aliphatic carbocycles. The molecule has 1 unspecified atom stereocenters. The molecule has 1 atom stereocenters. The van der Waals surface area contributed by atoms with Gasteiger partial charge in [-0.15, -0.1) is 0 Å². The first-order chi connectivity index (χ1) is 6.34. The molecule has 0 radical (unpaired) electrons. The van der Waals surface area contributed by atoms with E-state index < -0.39 is 0 Å². The van der Waals surface area contributed by atoms with E-state index in [9.17, 15) is 0 Å². The zero-order valence-electron chi connectivity index (χ0n) is 7.65. The van der Waals surface area contributed by atoms with E-state index in [-0.39, 0.29) is 0 Å². The summed E-state index contributed by atoms with van der Waals surface area (Å²) in [4.78, 5) is 0. The summed E-state index contributed by atoms with van der Waals surface area (Å²) in [5, 5.41) is 4.11. The Kier molecular flexibility index (Phi) is 2.49. The van der Waals surface area contributed by atoms with E-state index in [1.54, 1.807) is 0 Å². The number of nitrogens with zero attached hydrogens (tertiary/aromatic N) is 2. The fraction of sp³-hybridized carbons (Fsp3) is 0.667. The molecule has 0 saturated carbocycles. The van der Waals surface area contributed by atoms with Gasteiger partial charge >= 0.3 is 0 Å². The Balaban J connectivity index is 1.78. The first-order valence-corrected chi connectivity index (χ1v) is 4.75. The SMILES string of the molecule is Nc1ccn(CCC2CCCO2)n1. The van der Waals surface area contributed by atoms with Crippen molar-refractivity contribution in [1.29, 1.82) is 0 Å². The standard InChI is InChI=1S/C9H15N3O/c10-9-4-6-12(11-9)5-3-8-2-1-7-13-8/h4,6,8H,1-3,5,7H2,(H2,10,11). The van der Waals surface area contributed by atoms with Gasteiger partial charge in [0.15, 0.2) is 0 Å². The smallest absolute Gasteiger partial charge is 0.145 e. The zero-order chi connectivity index (χ0) is 9.10. The average Bonchev–Trinajstić information content (AvgIpc) is 2.71. The minimum atomic E-state index is 0.436. The lowest BCUT2D eigenvalue weighted by Crippen LogP contribution is -2.10. The van der Waals surface area contributed by atoms with E-state index in [4.69, 9.17) is 10.5 Å². The Morgan fingerprint density at radius 3 is 3.23 bits per heavy atom. The maximum atomic E-state index is 5.51. The molecule has 1 aliphatic rings. The van der Waals surface area contributed by atoms with Crippen LogP contribution in [-0.4, -0.2) is 22.5 Å². The number of hydrogen-bond donors (Lipinski definition) is 1. The van der Waals surface area contributed by atoms with Crippen LogP contribution < -0.4 is 5.73 Å². The van der Waals surface area contributed by atoms with E-state index in [0.717, 1.165) is 19.6 Å². The van der Waals surface area contributed by atoms with Crippen LogP contribution in [0.2, 0.25) is 0 Å². The van der Waals surface area contributed by atoms with Gasteiger partial charge in [-0.2, -0.15) is 5.10 Å². The third-order valence-corrected chi connectivity index (χ3v) is 2.37. The molecular weight excluding hydrogens is 166 g/mol. The normalized spacial score (nSPS) is 22.3. The van der Waals surface area contributed by atoms with Gasteiger partial charge in [-0.1, -0.05) is 0 Å². The molecule has 2 N–H and O–H groups in total. The Morgan fingerprint density at radius 1 is 1.69 bits per heavy atom. The fourth-order valence-electron chi connectivity index (χ4n) is 1.65. The second kappa shape index (κ2) is 3.79. The summed E-state index contributed by atoms with van der Waals surface area (Å²) in [6.07, 6.45) is 5.78. The van der Waals surface area contributed by atoms with Crippen LogP contribution in [-0.2, 0) is 11.3 Å². The van der Waals surface area contributed by atoms with Crippen LogP contribution in [0.5, 0.6) is 0 Å². The van der Waals surface area contributed by atoms with Crippen molar-refractivity contribution >= 4 is 5.82 Å². The molecular formula is C9H15N3O. The van der Waals surface area contributed by atoms with Gasteiger partial charge in [0.25, 0.3) is 0 Å². The molecule has 2 heterocycles. The number of rotatable bonds is 3. The Labute approximate surface area is 77.7 Å². The Hall–Kier alpha value is -1.03. The molecule has 0 amide bonds. The van der Waals surface area contributed by atoms with Crippen molar-refractivity contribution < 1.29 is 4.74 Å². The fourth-order valence-corrected chi connectivity index (χ4v) is 1.65. The highest BCUT2D eigenvalue weighted by Gasteiger charge is 2.14. The van der Waals surface area contributed by atoms with E-state index in [2.05, 4.69) is 5.10 Å². The van der Waals surface area contributed by atoms with Crippen molar-refractivity contribution in [1.82, 2.24) is 9.78 Å². The van der Waals surface area contributed by atoms with Gasteiger partial charge in [0.2, 0.25) is 0 Å². The van der Waals surface area contributed by atoms with Crippen LogP contribution in [0.15, 0.2) is 12.3 Å². The molecule has 0 aromatic carbocycles. The maximum absolute atomic E-state index is 5.51. The minimum Gasteiger partial charge on any atom is -0.382 e. The molecule has 4 heteroatoms. The molecule has 1 aromatic rings. The number of hydrogen-bond acceptors (Lipinski definition) is 3. The summed E-state index contributed by atoms with van der Waals surface area (Å²) < 4.78 is 7.38. The predicted octanol–water partition coefficient (Wildman–Crippen LogP) is 1.03. The Morgan fingerprint density at radius 2 is 2.62 bits per heavy atom. The third kappa shape index (κ3) is 2.21. The molecule has 0 spiro atoms. The van der Waals surface area contributed by atoms with Gasteiger partial charge in [-0.05, 0) is 25.3 Å². The molecule has 0 bridgehead atoms. The predicted molar refractivity (Wildman–Crippen MR) is 50.2 cm³/mol. The van der Waals surface area contributed by atoms with Crippen LogP contribution >= 0.6 is 0 Å². The number of ether oxygens (including phenoxy) is 1. The van der Waals surface area contributed by atoms with E-state index in [0.29, 0.717) is 11.9 Å². The lowest BCUT2D eigenvalue weighted by atomic mass is 10.2. The van der Waals surface area contributed by atoms with Crippen molar-refractivity contribution in [3.8, 4) is 0 Å². The number of nitrogens with two attached hydrogens (primary N) is 1. The van der Waals surface area contributed by atoms with Crippen molar-refractivity contribution in [2.24, 2.45) is 0 Å². The van der Waals surface area contributed by atoms with Crippen molar-refractivity contribution in [2.45, 2.75) is 31.9 Å². The van der Waals surface area contributed by atoms with E-state index in [1.807, 2.05) is 16.9 Å². The van der Waals surface area contributed by atoms with Crippen LogP contribution in [0.3, 0.4) is 0 Å². The van der Waals surface area contributed by atoms with Crippen LogP contribution in [0, 0.1) is 0 Å². The summed E-state index contributed by atoms with van der Waals surface area (Å²) in [6.45, 7) is 1.83. The number of anilines is 1. The number of nitrogen functional groups attached to an aromatic ring is 1. The quantitative estimate of drug-likeness (QED) is 0.757. The molecule has 1 aromatic heterocycles. The molecule has 1 saturated heterocycles. The molecule has 2 rings (SSSR count). The van der Waals surface area contributed by atoms with Gasteiger partial charge in [-0.3, -0.25) is 4.68 Å². The van der Waals surface area contributed by atoms with Crippen LogP contribution in [0.25, 0.3) is 0 Å². The summed E-state index contributed by atoms with van der Waals surface area (Å²) >= 11 is 0. The highest BCUT2D eigenvalue weighted by atomic mass is 16.5. The number of aromatic nitrogens is 2. The summed E-state index contributed by atoms with van der Waals surface area (Å²) in [6, 6.07) is 1.81. The second-order valence-electron chi connectivity index (χ2n) is 3.43. The summed E-state index contributed by atoms with van der Waals surface area (Å²) in [5.74, 6) is 0.590. The monoisotopic (exact) mass is 181 g/mol. The highest BCUT2D eigenvalue weighted by molar-refractivity contribution is 5.23. The van der Waals surface area contributed by atoms with Crippen molar-refractivity contribution in [2.75, 3.05) is 12.3 Å². The maximum Gasteiger partial charge on any atom is 0.145 e. The Bertz CT molecular complexity index is 266. The van der Waals surface area contributed by atoms with Gasteiger partial charge in [0, 0.05) is 19.3 Å². The lowest BCUT2D eigenvalue weighted by molar-refractivity contribution is 0.0994. The average molecular weight is 181 g/mol. The first kappa shape index (κ1) is 8.56. The summed E-state index contributed by atoms with van der Waals surface area (Å²) in [5.41, 5.74) is 5.50. The highest BCUT2D eigenvalue weighted by Crippen LogP contribution is 2.15. The molecule has 1 fully saturated rings. The largest absolute Gasteiger partial charge is 0.382 e. The summed E-state index contributed by atoms with van der Waals surface area (Å²) in [7, 11) is 0. The molecule has 4 nitrogen and oxygen atoms in total. The van der Waals surface area contributed by atoms with E-state index >= 15 is 0 Å². The third-order valence-electron chi connectivity index (χ3n) is 2.37. The van der Waals surface area contributed by atoms with Gasteiger partial charge in [0.1, 0.15) is 5.82 Å². The van der Waals surface area contributed by atoms with E-state index in [1.165, 1.54) is 12.8 Å². The van der Waals surface area contributed by atoms with Crippen molar-refractivity contribution in [3.05, 3.63) is 12.3 Å². The topological polar surface area (TPSA) is 53.1 Å². The van der Waals surface area contributed by atoms with Gasteiger partial charge in [-0.25, -0.2) is 0 Å². The molecule has 13 heavy (non-hydrogen) atoms. The van der Waals surface area contributed by atoms with Crippen LogP contribution in [0.4, 0.5) is 5.82 Å². The molecule has 72 valence electrons. The second-order valence-corrected chi connectivity index (χ2v) is 3.43. The minimum absolute atomic E-state index is 0.436. The van der Waals surface area contributed by atoms with Crippen LogP contribution in [0.1, 0.15) is 19.3 Å². The van der Waals surface area contributed by atoms with Gasteiger partial charge in [0.05, 0.1) is 6.10 Å².